The molecule has 1 N–H and O–H groups in total. The fourth-order valence-corrected chi connectivity index (χ4v) is 2.31. The molecule has 0 bridgehead atoms. The van der Waals surface area contributed by atoms with E-state index in [9.17, 15) is 9.59 Å². The predicted molar refractivity (Wildman–Crippen MR) is 78.5 cm³/mol. The first-order chi connectivity index (χ1) is 7.93. The zero-order valence-corrected chi connectivity index (χ0v) is 12.7. The van der Waals surface area contributed by atoms with Gasteiger partial charge >= 0.3 is 5.97 Å². The van der Waals surface area contributed by atoms with Crippen molar-refractivity contribution in [3.05, 3.63) is 39.0 Å². The molecular weight excluding hydrogens is 399 g/mol. The van der Waals surface area contributed by atoms with Gasteiger partial charge in [-0.25, -0.2) is 4.79 Å². The van der Waals surface area contributed by atoms with Gasteiger partial charge in [0.1, 0.15) is 0 Å². The van der Waals surface area contributed by atoms with Crippen LogP contribution in [0.15, 0.2) is 24.3 Å². The minimum Gasteiger partial charge on any atom is -0.478 e. The van der Waals surface area contributed by atoms with Gasteiger partial charge in [-0.2, -0.15) is 0 Å². The molecule has 0 aliphatic rings. The Hall–Kier alpha value is -0.690. The Morgan fingerprint density at radius 2 is 2.12 bits per heavy atom. The molecule has 0 amide bonds. The SMILES string of the molecule is CC(Br)C(=O)c1c(I)cccc1C=CC(=O)O. The van der Waals surface area contributed by atoms with Gasteiger partial charge in [0.25, 0.3) is 0 Å². The average Bonchev–Trinajstić information content (AvgIpc) is 2.25. The van der Waals surface area contributed by atoms with Gasteiger partial charge in [-0.3, -0.25) is 4.79 Å². The van der Waals surface area contributed by atoms with Crippen LogP contribution in [-0.2, 0) is 4.79 Å². The molecule has 0 spiro atoms. The highest BCUT2D eigenvalue weighted by atomic mass is 127. The maximum atomic E-state index is 12.0. The van der Waals surface area contributed by atoms with Gasteiger partial charge in [0.15, 0.2) is 5.78 Å². The first kappa shape index (κ1) is 14.4. The molecule has 5 heteroatoms. The quantitative estimate of drug-likeness (QED) is 0.359. The van der Waals surface area contributed by atoms with Crippen LogP contribution in [0.2, 0.25) is 0 Å². The molecule has 0 aliphatic carbocycles. The summed E-state index contributed by atoms with van der Waals surface area (Å²) < 4.78 is 0.812. The molecule has 0 aromatic heterocycles. The molecule has 1 rings (SSSR count). The van der Waals surface area contributed by atoms with E-state index in [2.05, 4.69) is 38.5 Å². The molecule has 0 aliphatic heterocycles. The Morgan fingerprint density at radius 3 is 2.65 bits per heavy atom. The van der Waals surface area contributed by atoms with Crippen molar-refractivity contribution >= 4 is 56.3 Å². The molecule has 0 heterocycles. The summed E-state index contributed by atoms with van der Waals surface area (Å²) in [5, 5.41) is 8.60. The number of ketones is 1. The number of benzene rings is 1. The predicted octanol–water partition coefficient (Wildman–Crippen LogP) is 3.36. The van der Waals surface area contributed by atoms with Crippen molar-refractivity contribution in [1.29, 1.82) is 0 Å². The zero-order valence-electron chi connectivity index (χ0n) is 8.98. The molecule has 1 aromatic rings. The number of hydrogen-bond acceptors (Lipinski definition) is 2. The minimum atomic E-state index is -1.03. The lowest BCUT2D eigenvalue weighted by Crippen LogP contribution is -2.13. The molecule has 3 nitrogen and oxygen atoms in total. The maximum absolute atomic E-state index is 12.0. The molecular formula is C12H10BrIO3. The number of alkyl halides is 1. The highest BCUT2D eigenvalue weighted by Gasteiger charge is 2.17. The van der Waals surface area contributed by atoms with Crippen LogP contribution in [0.3, 0.4) is 0 Å². The molecule has 0 saturated heterocycles. The lowest BCUT2D eigenvalue weighted by molar-refractivity contribution is -0.131. The van der Waals surface area contributed by atoms with E-state index in [0.29, 0.717) is 11.1 Å². The van der Waals surface area contributed by atoms with Crippen molar-refractivity contribution in [3.8, 4) is 0 Å². The number of Topliss-reactive ketones (excluding diaryl/α,β-unsaturated/α-hetero) is 1. The third-order valence-corrected chi connectivity index (χ3v) is 3.37. The van der Waals surface area contributed by atoms with Gasteiger partial charge in [0.2, 0.25) is 0 Å². The van der Waals surface area contributed by atoms with Gasteiger partial charge in [-0.05, 0) is 47.2 Å². The first-order valence-corrected chi connectivity index (χ1v) is 6.80. The Bertz CT molecular complexity index is 481. The van der Waals surface area contributed by atoms with Gasteiger partial charge in [0.05, 0.1) is 4.83 Å². The van der Waals surface area contributed by atoms with Gasteiger partial charge < -0.3 is 5.11 Å². The average molecular weight is 409 g/mol. The van der Waals surface area contributed by atoms with Crippen molar-refractivity contribution < 1.29 is 14.7 Å². The van der Waals surface area contributed by atoms with Crippen LogP contribution in [-0.4, -0.2) is 21.7 Å². The lowest BCUT2D eigenvalue weighted by atomic mass is 10.0. The lowest BCUT2D eigenvalue weighted by Gasteiger charge is -2.09. The van der Waals surface area contributed by atoms with Crippen LogP contribution in [0.1, 0.15) is 22.8 Å². The Balaban J connectivity index is 3.27. The second kappa shape index (κ2) is 6.30. The fraction of sp³-hybridized carbons (Fsp3) is 0.167. The molecule has 1 unspecified atom stereocenters. The number of hydrogen-bond donors (Lipinski definition) is 1. The number of rotatable bonds is 4. The van der Waals surface area contributed by atoms with Crippen LogP contribution >= 0.6 is 38.5 Å². The first-order valence-electron chi connectivity index (χ1n) is 4.81. The number of carbonyl (C=O) groups excluding carboxylic acids is 1. The van der Waals surface area contributed by atoms with Crippen molar-refractivity contribution in [2.75, 3.05) is 0 Å². The largest absolute Gasteiger partial charge is 0.478 e. The molecule has 17 heavy (non-hydrogen) atoms. The van der Waals surface area contributed by atoms with E-state index in [4.69, 9.17) is 5.11 Å². The highest BCUT2D eigenvalue weighted by molar-refractivity contribution is 14.1. The zero-order chi connectivity index (χ0) is 13.0. The van der Waals surface area contributed by atoms with Crippen LogP contribution in [0.5, 0.6) is 0 Å². The van der Waals surface area contributed by atoms with Crippen molar-refractivity contribution in [3.63, 3.8) is 0 Å². The van der Waals surface area contributed by atoms with Crippen LogP contribution in [0, 0.1) is 3.57 Å². The molecule has 1 aromatic carbocycles. The third kappa shape index (κ3) is 3.92. The van der Waals surface area contributed by atoms with E-state index < -0.39 is 5.97 Å². The van der Waals surface area contributed by atoms with E-state index in [1.54, 1.807) is 19.1 Å². The topological polar surface area (TPSA) is 54.4 Å². The summed E-state index contributed by atoms with van der Waals surface area (Å²) in [7, 11) is 0. The van der Waals surface area contributed by atoms with E-state index in [1.165, 1.54) is 6.08 Å². The van der Waals surface area contributed by atoms with Crippen molar-refractivity contribution in [2.45, 2.75) is 11.8 Å². The maximum Gasteiger partial charge on any atom is 0.328 e. The van der Waals surface area contributed by atoms with Gasteiger partial charge in [-0.15, -0.1) is 0 Å². The van der Waals surface area contributed by atoms with Crippen molar-refractivity contribution in [1.82, 2.24) is 0 Å². The second-order valence-electron chi connectivity index (χ2n) is 3.36. The van der Waals surface area contributed by atoms with E-state index in [-0.39, 0.29) is 10.6 Å². The minimum absolute atomic E-state index is 0.0555. The second-order valence-corrected chi connectivity index (χ2v) is 5.89. The van der Waals surface area contributed by atoms with Crippen LogP contribution < -0.4 is 0 Å². The van der Waals surface area contributed by atoms with Crippen molar-refractivity contribution in [2.24, 2.45) is 0 Å². The smallest absolute Gasteiger partial charge is 0.328 e. The van der Waals surface area contributed by atoms with E-state index in [1.807, 2.05) is 6.07 Å². The fourth-order valence-electron chi connectivity index (χ4n) is 1.30. The highest BCUT2D eigenvalue weighted by Crippen LogP contribution is 2.22. The molecule has 0 saturated carbocycles. The third-order valence-electron chi connectivity index (χ3n) is 2.06. The monoisotopic (exact) mass is 408 g/mol. The summed E-state index contributed by atoms with van der Waals surface area (Å²) in [4.78, 5) is 22.2. The molecule has 0 fully saturated rings. The molecule has 0 radical (unpaired) electrons. The number of carbonyl (C=O) groups is 2. The number of carboxylic acids is 1. The summed E-state index contributed by atoms with van der Waals surface area (Å²) in [6.45, 7) is 1.75. The van der Waals surface area contributed by atoms with Crippen LogP contribution in [0.4, 0.5) is 0 Å². The number of aliphatic carboxylic acids is 1. The van der Waals surface area contributed by atoms with Crippen LogP contribution in [0.25, 0.3) is 6.08 Å². The Morgan fingerprint density at radius 1 is 1.47 bits per heavy atom. The summed E-state index contributed by atoms with van der Waals surface area (Å²) in [5.41, 5.74) is 1.17. The standard InChI is InChI=1S/C12H10BrIO3/c1-7(13)12(17)11-8(5-6-10(15)16)3-2-4-9(11)14/h2-7H,1H3,(H,15,16). The summed E-state index contributed by atoms with van der Waals surface area (Å²) >= 11 is 5.30. The Kier molecular flexibility index (Phi) is 5.32. The van der Waals surface area contributed by atoms with E-state index >= 15 is 0 Å². The van der Waals surface area contributed by atoms with E-state index in [0.717, 1.165) is 9.65 Å². The number of halogens is 2. The summed E-state index contributed by atoms with van der Waals surface area (Å²) in [6, 6.07) is 5.34. The molecule has 90 valence electrons. The number of carboxylic acid groups (broad SMARTS) is 1. The summed E-state index contributed by atoms with van der Waals surface area (Å²) in [5.74, 6) is -1.09. The molecule has 1 atom stereocenters. The Labute approximate surface area is 121 Å². The summed E-state index contributed by atoms with van der Waals surface area (Å²) in [6.07, 6.45) is 2.47. The normalized spacial score (nSPS) is 12.6. The van der Waals surface area contributed by atoms with Gasteiger partial charge in [-0.1, -0.05) is 28.1 Å². The van der Waals surface area contributed by atoms with Gasteiger partial charge in [0, 0.05) is 15.2 Å².